The maximum atomic E-state index is 12.4. The monoisotopic (exact) mass is 2090 g/mol. The second kappa shape index (κ2) is 60.4. The molecule has 0 bridgehead atoms. The van der Waals surface area contributed by atoms with E-state index in [9.17, 15) is 24.0 Å². The van der Waals surface area contributed by atoms with Crippen LogP contribution in [-0.2, 0) is 40.3 Å². The van der Waals surface area contributed by atoms with Crippen LogP contribution in [0, 0.1) is 0 Å². The quantitative estimate of drug-likeness (QED) is 0.0109. The van der Waals surface area contributed by atoms with Gasteiger partial charge in [-0.1, -0.05) is 199 Å². The van der Waals surface area contributed by atoms with Crippen molar-refractivity contribution in [1.82, 2.24) is 29.4 Å². The van der Waals surface area contributed by atoms with Gasteiger partial charge in [-0.05, 0) is 212 Å². The molecule has 666 valence electrons. The lowest BCUT2D eigenvalue weighted by Crippen LogP contribution is -3.00. The van der Waals surface area contributed by atoms with Gasteiger partial charge in [0.25, 0.3) is 0 Å². The number of ether oxygens (including phenoxy) is 6. The average Bonchev–Trinajstić information content (AvgIpc) is 0.926. The summed E-state index contributed by atoms with van der Waals surface area (Å²) >= 11 is 24.1. The van der Waals surface area contributed by atoms with Gasteiger partial charge in [-0.3, -0.25) is 27.8 Å². The number of hydrogen-bond donors (Lipinski definition) is 3. The van der Waals surface area contributed by atoms with Gasteiger partial charge in [-0.2, -0.15) is 0 Å². The number of quaternary nitrogens is 3. The first-order chi connectivity index (χ1) is 56.1. The van der Waals surface area contributed by atoms with E-state index >= 15 is 0 Å². The smallest absolute Gasteiger partial charge is 0.346 e. The number of unbranched alkanes of at least 4 members (excludes halogenated alkanes) is 15. The Hall–Kier alpha value is -7.24. The third-order valence-corrected chi connectivity index (χ3v) is 20.2. The Bertz CT molecular complexity index is 4440. The zero-order chi connectivity index (χ0) is 84.3. The molecule has 3 N–H and O–H groups in total. The SMILES string of the molecule is C.C.C[N+](C)(C)c1ccc(CC(=O)NCCCCCCCCOc2ccc(OC(=O)c3c(Cl)cccc3Cl)cc2)cc1.C[N+](C)(C)c1ccc(CC(=O)NCCCCCCCCOc2ccc(OC(=O)c3cccc(Cl)c3)cc2)cc1.C[N+](C)(C)c1ccc(CC(=O)NCCCCCCCCOc2ccc(OCc3cccc(Cl)c3)cc2)cc1.[I-].[I-].[I-]. The van der Waals surface area contributed by atoms with Gasteiger partial charge in [0.05, 0.1) is 124 Å². The number of nitrogens with zero attached hydrogens (tertiary/aromatic N) is 3. The van der Waals surface area contributed by atoms with Crippen LogP contribution in [0.2, 0.25) is 20.1 Å². The van der Waals surface area contributed by atoms with E-state index in [1.165, 1.54) is 29.9 Å². The summed E-state index contributed by atoms with van der Waals surface area (Å²) < 4.78 is 36.3. The Morgan fingerprint density at radius 1 is 0.295 bits per heavy atom. The maximum absolute atomic E-state index is 12.4. The van der Waals surface area contributed by atoms with Gasteiger partial charge in [0.15, 0.2) is 0 Å². The number of amides is 3. The van der Waals surface area contributed by atoms with Crippen molar-refractivity contribution in [3.05, 3.63) is 266 Å². The minimum absolute atomic E-state index is 0. The van der Waals surface area contributed by atoms with Gasteiger partial charge < -0.3 is 116 Å². The fraction of sp³-hybridized carbons (Fsp3) is 0.398. The number of rotatable bonds is 46. The number of esters is 2. The summed E-state index contributed by atoms with van der Waals surface area (Å²) in [6.07, 6.45) is 20.9. The predicted octanol–water partition coefficient (Wildman–Crippen LogP) is 13.8. The van der Waals surface area contributed by atoms with Crippen molar-refractivity contribution in [2.24, 2.45) is 0 Å². The highest BCUT2D eigenvalue weighted by Crippen LogP contribution is 2.29. The van der Waals surface area contributed by atoms with Gasteiger partial charge in [0.2, 0.25) is 17.7 Å². The summed E-state index contributed by atoms with van der Waals surface area (Å²) in [4.78, 5) is 61.2. The third-order valence-electron chi connectivity index (χ3n) is 19.1. The molecule has 0 aliphatic rings. The molecule has 0 aliphatic carbocycles. The van der Waals surface area contributed by atoms with Gasteiger partial charge in [-0.15, -0.1) is 0 Å². The third kappa shape index (κ3) is 45.1. The molecule has 9 rings (SSSR count). The normalized spacial score (nSPS) is 10.8. The van der Waals surface area contributed by atoms with Gasteiger partial charge in [-0.25, -0.2) is 9.59 Å². The van der Waals surface area contributed by atoms with E-state index < -0.39 is 11.9 Å². The van der Waals surface area contributed by atoms with Crippen molar-refractivity contribution in [2.75, 3.05) is 103 Å². The topological polar surface area (TPSA) is 177 Å². The molecule has 0 unspecified atom stereocenters. The summed E-state index contributed by atoms with van der Waals surface area (Å²) in [5, 5.41) is 10.8. The van der Waals surface area contributed by atoms with Gasteiger partial charge >= 0.3 is 11.9 Å². The van der Waals surface area contributed by atoms with E-state index in [-0.39, 0.29) is 120 Å². The minimum Gasteiger partial charge on any atom is -1.00 e. The number of benzene rings is 9. The molecular formula is C98H129Cl4I3N6O11. The lowest BCUT2D eigenvalue weighted by atomic mass is 10.1. The highest BCUT2D eigenvalue weighted by atomic mass is 127. The molecule has 0 fully saturated rings. The second-order valence-electron chi connectivity index (χ2n) is 31.7. The van der Waals surface area contributed by atoms with Crippen molar-refractivity contribution in [1.29, 1.82) is 0 Å². The molecule has 122 heavy (non-hydrogen) atoms. The Kier molecular flexibility index (Phi) is 54.9. The standard InChI is InChI=1S/C32H38Cl2N2O4.C32H39ClN2O4.C32H41ClN2O3.2CH4.3HI/c1-36(2,3)25-15-13-24(14-16-25)23-30(37)35-21-8-6-4-5-7-9-22-39-26-17-19-27(20-18-26)40-32(38)31-28(33)11-10-12-29(31)34;1-35(2,3)28-15-13-25(14-16-28)23-31(36)34-21-8-6-4-5-7-9-22-38-29-17-19-30(20-18-29)39-32(37)26-11-10-12-27(33)24-26;1-35(2,3)29-15-13-26(14-16-29)24-32(36)34-21-8-6-4-5-7-9-22-37-30-17-19-31(20-18-30)38-25-27-11-10-12-28(33)23-27;;;;;/h10-20H,4-9,21-23H2,1-3H3;10-20,24H,4-9,21-23H2,1-3H3;10-20,23H,4-9,21-22,24-25H2,1-3H3;2*1H4;3*1H. The minimum atomic E-state index is -0.604. The van der Waals surface area contributed by atoms with Crippen molar-refractivity contribution < 1.29 is 124 Å². The molecule has 0 heterocycles. The Morgan fingerprint density at radius 3 is 0.893 bits per heavy atom. The van der Waals surface area contributed by atoms with Crippen LogP contribution in [0.25, 0.3) is 0 Å². The summed E-state index contributed by atoms with van der Waals surface area (Å²) in [5.41, 5.74) is 8.39. The predicted molar refractivity (Wildman–Crippen MR) is 494 cm³/mol. The maximum Gasteiger partial charge on any atom is 0.346 e. The van der Waals surface area contributed by atoms with E-state index in [0.29, 0.717) is 72.8 Å². The van der Waals surface area contributed by atoms with Gasteiger partial charge in [0, 0.05) is 29.7 Å². The van der Waals surface area contributed by atoms with Crippen LogP contribution < -0.4 is 130 Å². The molecule has 24 heteroatoms. The lowest BCUT2D eigenvalue weighted by molar-refractivity contribution is -0.121. The van der Waals surface area contributed by atoms with E-state index in [1.807, 2.05) is 72.8 Å². The van der Waals surface area contributed by atoms with E-state index in [4.69, 9.17) is 74.8 Å². The first kappa shape index (κ1) is 111. The van der Waals surface area contributed by atoms with Crippen LogP contribution in [0.4, 0.5) is 17.1 Å². The van der Waals surface area contributed by atoms with Crippen LogP contribution in [0.15, 0.2) is 212 Å². The molecule has 0 aliphatic heterocycles. The number of carbonyl (C=O) groups excluding carboxylic acids is 5. The zero-order valence-electron chi connectivity index (χ0n) is 71.0. The van der Waals surface area contributed by atoms with E-state index in [2.05, 4.69) is 128 Å². The first-order valence-corrected chi connectivity index (χ1v) is 42.4. The molecule has 0 aromatic heterocycles. The van der Waals surface area contributed by atoms with Crippen LogP contribution in [0.3, 0.4) is 0 Å². The van der Waals surface area contributed by atoms with Crippen LogP contribution in [-0.4, -0.2) is 133 Å². The molecule has 0 saturated heterocycles. The number of carbonyl (C=O) groups is 5. The molecule has 3 amide bonds. The highest BCUT2D eigenvalue weighted by Gasteiger charge is 2.19. The van der Waals surface area contributed by atoms with Crippen LogP contribution >= 0.6 is 46.4 Å². The summed E-state index contributed by atoms with van der Waals surface area (Å²) in [7, 11) is 19.2. The largest absolute Gasteiger partial charge is 1.00 e. The lowest BCUT2D eigenvalue weighted by Gasteiger charge is -2.23. The number of halogens is 7. The zero-order valence-corrected chi connectivity index (χ0v) is 80.5. The molecular weight excluding hydrogens is 1960 g/mol. The molecule has 0 atom stereocenters. The highest BCUT2D eigenvalue weighted by molar-refractivity contribution is 6.39. The number of nitrogens with one attached hydrogen (secondary N) is 3. The fourth-order valence-corrected chi connectivity index (χ4v) is 13.2. The average molecular weight is 2090 g/mol. The molecule has 0 spiro atoms. The molecule has 0 radical (unpaired) electrons. The van der Waals surface area contributed by atoms with Crippen molar-refractivity contribution in [3.63, 3.8) is 0 Å². The van der Waals surface area contributed by atoms with Crippen LogP contribution in [0.1, 0.15) is 173 Å². The van der Waals surface area contributed by atoms with E-state index in [1.54, 1.807) is 91.0 Å². The Labute approximate surface area is 799 Å². The molecule has 0 saturated carbocycles. The van der Waals surface area contributed by atoms with Gasteiger partial charge in [0.1, 0.15) is 58.2 Å². The fourth-order valence-electron chi connectivity index (χ4n) is 12.2. The molecule has 9 aromatic rings. The molecule has 9 aromatic carbocycles. The Balaban J connectivity index is 0.000000608. The summed E-state index contributed by atoms with van der Waals surface area (Å²) in [6.45, 7) is 4.66. The molecule has 17 nitrogen and oxygen atoms in total. The van der Waals surface area contributed by atoms with Crippen LogP contribution in [0.5, 0.6) is 34.5 Å². The summed E-state index contributed by atoms with van der Waals surface area (Å²) in [6, 6.07) is 65.7. The van der Waals surface area contributed by atoms with E-state index in [0.717, 1.165) is 181 Å². The second-order valence-corrected chi connectivity index (χ2v) is 33.4. The summed E-state index contributed by atoms with van der Waals surface area (Å²) in [5.74, 6) is 3.18. The Morgan fingerprint density at radius 2 is 0.574 bits per heavy atom. The number of hydrogen-bond acceptors (Lipinski definition) is 11. The van der Waals surface area contributed by atoms with Crippen molar-refractivity contribution >= 4 is 93.1 Å². The first-order valence-electron chi connectivity index (χ1n) is 40.9. The van der Waals surface area contributed by atoms with Crippen molar-refractivity contribution in [3.8, 4) is 34.5 Å². The van der Waals surface area contributed by atoms with Crippen molar-refractivity contribution in [2.45, 2.75) is 156 Å².